The molecule has 0 spiro atoms. The van der Waals surface area contributed by atoms with Crippen molar-refractivity contribution in [2.75, 3.05) is 11.4 Å². The molecule has 3 N–H and O–H groups in total. The molecular weight excluding hydrogens is 212 g/mol. The number of anilines is 1. The predicted molar refractivity (Wildman–Crippen MR) is 68.5 cm³/mol. The van der Waals surface area contributed by atoms with Gasteiger partial charge in [0.15, 0.2) is 0 Å². The van der Waals surface area contributed by atoms with E-state index in [4.69, 9.17) is 11.1 Å². The monoisotopic (exact) mass is 230 g/mol. The minimum Gasteiger partial charge on any atom is -0.384 e. The number of nitrogens with one attached hydrogen (secondary N) is 1. The second-order valence-corrected chi connectivity index (χ2v) is 5.23. The Balaban J connectivity index is 2.03. The van der Waals surface area contributed by atoms with Gasteiger partial charge in [-0.05, 0) is 43.7 Å². The second kappa shape index (κ2) is 3.72. The Morgan fingerprint density at radius 1 is 1.53 bits per heavy atom. The van der Waals surface area contributed by atoms with Crippen molar-refractivity contribution in [2.24, 2.45) is 11.7 Å². The van der Waals surface area contributed by atoms with Gasteiger partial charge in [-0.1, -0.05) is 0 Å². The predicted octanol–water partition coefficient (Wildman–Crippen LogP) is 1.66. The van der Waals surface area contributed by atoms with Crippen LogP contribution < -0.4 is 10.6 Å². The molecule has 2 aliphatic rings. The first kappa shape index (κ1) is 10.6. The van der Waals surface area contributed by atoms with Gasteiger partial charge >= 0.3 is 0 Å². The fraction of sp³-hybridized carbons (Fsp3) is 0.538. The lowest BCUT2D eigenvalue weighted by Gasteiger charge is -2.30. The maximum absolute atomic E-state index is 7.73. The van der Waals surface area contributed by atoms with Crippen LogP contribution in [0.2, 0.25) is 0 Å². The zero-order valence-corrected chi connectivity index (χ0v) is 10.1. The highest BCUT2D eigenvalue weighted by atomic mass is 15.2. The number of fused-ring (bicyclic) bond motifs is 2. The Kier molecular flexibility index (Phi) is 2.31. The summed E-state index contributed by atoms with van der Waals surface area (Å²) >= 11 is 0. The third-order valence-electron chi connectivity index (χ3n) is 4.09. The summed E-state index contributed by atoms with van der Waals surface area (Å²) in [5, 5.41) is 7.73. The highest BCUT2D eigenvalue weighted by molar-refractivity contribution is 6.01. The van der Waals surface area contributed by atoms with Crippen molar-refractivity contribution in [3.63, 3.8) is 0 Å². The fourth-order valence-corrected chi connectivity index (χ4v) is 3.28. The average molecular weight is 230 g/mol. The van der Waals surface area contributed by atoms with Gasteiger partial charge in [-0.25, -0.2) is 4.98 Å². The molecule has 2 bridgehead atoms. The van der Waals surface area contributed by atoms with Crippen molar-refractivity contribution in [3.8, 4) is 0 Å². The molecule has 1 saturated carbocycles. The topological polar surface area (TPSA) is 66.0 Å². The Labute approximate surface area is 101 Å². The standard InChI is InChI=1S/C13H18N4/c1-8-4-5-16-13(11(8)12(14)15)17-7-9-2-3-10(17)6-9/h4-5,9-10H,2-3,6-7H2,1H3,(H3,14,15). The van der Waals surface area contributed by atoms with E-state index >= 15 is 0 Å². The molecule has 1 aromatic heterocycles. The van der Waals surface area contributed by atoms with E-state index in [0.717, 1.165) is 29.4 Å². The molecule has 2 heterocycles. The molecule has 1 aromatic rings. The summed E-state index contributed by atoms with van der Waals surface area (Å²) in [6.45, 7) is 3.08. The smallest absolute Gasteiger partial charge is 0.140 e. The van der Waals surface area contributed by atoms with E-state index in [1.54, 1.807) is 0 Å². The highest BCUT2D eigenvalue weighted by Gasteiger charge is 2.39. The van der Waals surface area contributed by atoms with E-state index in [9.17, 15) is 0 Å². The second-order valence-electron chi connectivity index (χ2n) is 5.23. The minimum absolute atomic E-state index is 0.133. The molecule has 17 heavy (non-hydrogen) atoms. The molecule has 1 aliphatic heterocycles. The quantitative estimate of drug-likeness (QED) is 0.600. The van der Waals surface area contributed by atoms with Crippen LogP contribution in [0.4, 0.5) is 5.82 Å². The number of nitrogens with zero attached hydrogens (tertiary/aromatic N) is 2. The number of hydrogen-bond donors (Lipinski definition) is 2. The summed E-state index contributed by atoms with van der Waals surface area (Å²) in [6, 6.07) is 2.54. The highest BCUT2D eigenvalue weighted by Crippen LogP contribution is 2.40. The van der Waals surface area contributed by atoms with Crippen LogP contribution >= 0.6 is 0 Å². The summed E-state index contributed by atoms with van der Waals surface area (Å²) in [5.41, 5.74) is 7.56. The van der Waals surface area contributed by atoms with E-state index in [-0.39, 0.29) is 5.84 Å². The summed E-state index contributed by atoms with van der Waals surface area (Å²) in [6.07, 6.45) is 5.72. The molecule has 90 valence electrons. The van der Waals surface area contributed by atoms with E-state index in [2.05, 4.69) is 9.88 Å². The third-order valence-corrected chi connectivity index (χ3v) is 4.09. The lowest BCUT2D eigenvalue weighted by Crippen LogP contribution is -2.34. The van der Waals surface area contributed by atoms with Gasteiger partial charge in [0.05, 0.1) is 5.56 Å². The first-order valence-corrected chi connectivity index (χ1v) is 6.23. The maximum Gasteiger partial charge on any atom is 0.140 e. The van der Waals surface area contributed by atoms with Crippen LogP contribution in [-0.2, 0) is 0 Å². The van der Waals surface area contributed by atoms with Crippen molar-refractivity contribution >= 4 is 11.7 Å². The number of rotatable bonds is 2. The van der Waals surface area contributed by atoms with Crippen molar-refractivity contribution in [3.05, 3.63) is 23.4 Å². The van der Waals surface area contributed by atoms with Crippen LogP contribution in [-0.4, -0.2) is 23.4 Å². The first-order valence-electron chi connectivity index (χ1n) is 6.23. The molecule has 1 aliphatic carbocycles. The van der Waals surface area contributed by atoms with Gasteiger partial charge in [-0.2, -0.15) is 0 Å². The Bertz CT molecular complexity index is 468. The van der Waals surface area contributed by atoms with Gasteiger partial charge in [0.25, 0.3) is 0 Å². The average Bonchev–Trinajstić information content (AvgIpc) is 2.89. The number of pyridine rings is 1. The Morgan fingerprint density at radius 2 is 2.35 bits per heavy atom. The molecule has 1 saturated heterocycles. The molecule has 2 unspecified atom stereocenters. The summed E-state index contributed by atoms with van der Waals surface area (Å²) in [7, 11) is 0. The van der Waals surface area contributed by atoms with Crippen LogP contribution in [0.15, 0.2) is 12.3 Å². The first-order chi connectivity index (χ1) is 8.16. The molecule has 3 rings (SSSR count). The molecule has 4 heteroatoms. The largest absolute Gasteiger partial charge is 0.384 e. The number of piperidine rings is 1. The lowest BCUT2D eigenvalue weighted by atomic mass is 10.1. The summed E-state index contributed by atoms with van der Waals surface area (Å²) in [4.78, 5) is 6.83. The zero-order valence-electron chi connectivity index (χ0n) is 10.1. The van der Waals surface area contributed by atoms with Gasteiger partial charge in [0, 0.05) is 18.8 Å². The third kappa shape index (κ3) is 1.59. The van der Waals surface area contributed by atoms with Crippen molar-refractivity contribution < 1.29 is 0 Å². The molecule has 2 fully saturated rings. The van der Waals surface area contributed by atoms with Gasteiger partial charge in [-0.15, -0.1) is 0 Å². The maximum atomic E-state index is 7.73. The lowest BCUT2D eigenvalue weighted by molar-refractivity contribution is 0.550. The number of nitrogen functional groups attached to an aromatic ring is 1. The van der Waals surface area contributed by atoms with Crippen molar-refractivity contribution in [1.82, 2.24) is 4.98 Å². The SMILES string of the molecule is Cc1ccnc(N2CC3CCC2C3)c1C(=N)N. The molecule has 2 atom stereocenters. The normalized spacial score (nSPS) is 26.5. The van der Waals surface area contributed by atoms with Gasteiger partial charge in [0.1, 0.15) is 11.7 Å². The summed E-state index contributed by atoms with van der Waals surface area (Å²) < 4.78 is 0. The van der Waals surface area contributed by atoms with E-state index in [1.165, 1.54) is 19.3 Å². The minimum atomic E-state index is 0.133. The number of aromatic nitrogens is 1. The van der Waals surface area contributed by atoms with Crippen LogP contribution in [0.25, 0.3) is 0 Å². The van der Waals surface area contributed by atoms with Gasteiger partial charge < -0.3 is 10.6 Å². The number of hydrogen-bond acceptors (Lipinski definition) is 3. The fourth-order valence-electron chi connectivity index (χ4n) is 3.28. The number of nitrogens with two attached hydrogens (primary N) is 1. The molecular formula is C13H18N4. The van der Waals surface area contributed by atoms with Gasteiger partial charge in [0.2, 0.25) is 0 Å². The van der Waals surface area contributed by atoms with Crippen LogP contribution in [0.3, 0.4) is 0 Å². The van der Waals surface area contributed by atoms with Crippen molar-refractivity contribution in [2.45, 2.75) is 32.2 Å². The molecule has 0 aromatic carbocycles. The van der Waals surface area contributed by atoms with Crippen molar-refractivity contribution in [1.29, 1.82) is 5.41 Å². The van der Waals surface area contributed by atoms with Crippen LogP contribution in [0.5, 0.6) is 0 Å². The van der Waals surface area contributed by atoms with E-state index < -0.39 is 0 Å². The Hall–Kier alpha value is -1.58. The van der Waals surface area contributed by atoms with E-state index in [0.29, 0.717) is 6.04 Å². The zero-order chi connectivity index (χ0) is 12.0. The molecule has 4 nitrogen and oxygen atoms in total. The van der Waals surface area contributed by atoms with Crippen LogP contribution in [0, 0.1) is 18.3 Å². The molecule has 0 radical (unpaired) electrons. The van der Waals surface area contributed by atoms with E-state index in [1.807, 2.05) is 19.2 Å². The van der Waals surface area contributed by atoms with Gasteiger partial charge in [-0.3, -0.25) is 5.41 Å². The number of amidine groups is 1. The van der Waals surface area contributed by atoms with Crippen LogP contribution in [0.1, 0.15) is 30.4 Å². The summed E-state index contributed by atoms with van der Waals surface area (Å²) in [5.74, 6) is 1.88. The molecule has 0 amide bonds. The Morgan fingerprint density at radius 3 is 2.94 bits per heavy atom. The number of aryl methyl sites for hydroxylation is 1.